The molecule has 30 heavy (non-hydrogen) atoms. The highest BCUT2D eigenvalue weighted by Crippen LogP contribution is 2.44. The summed E-state index contributed by atoms with van der Waals surface area (Å²) in [6.07, 6.45) is -0.450. The van der Waals surface area contributed by atoms with Gasteiger partial charge in [0.15, 0.2) is 0 Å². The lowest BCUT2D eigenvalue weighted by Crippen LogP contribution is -2.25. The number of aromatic hydroxyl groups is 1. The number of rotatable bonds is 4. The Kier molecular flexibility index (Phi) is 4.60. The molecular formula is C26H21NO3. The van der Waals surface area contributed by atoms with Crippen LogP contribution in [0, 0.1) is 0 Å². The van der Waals surface area contributed by atoms with Crippen molar-refractivity contribution in [2.45, 2.75) is 12.5 Å². The maximum Gasteiger partial charge on any atom is 0.407 e. The van der Waals surface area contributed by atoms with Crippen molar-refractivity contribution >= 4 is 16.9 Å². The third-order valence-corrected chi connectivity index (χ3v) is 5.76. The second-order valence-corrected chi connectivity index (χ2v) is 7.47. The van der Waals surface area contributed by atoms with E-state index in [9.17, 15) is 9.90 Å². The number of carbonyl (C=O) groups is 1. The van der Waals surface area contributed by atoms with E-state index in [1.54, 1.807) is 12.1 Å². The summed E-state index contributed by atoms with van der Waals surface area (Å²) in [6.45, 7) is 0.619. The number of nitrogens with one attached hydrogen (secondary N) is 1. The van der Waals surface area contributed by atoms with E-state index < -0.39 is 6.09 Å². The van der Waals surface area contributed by atoms with Gasteiger partial charge in [0.2, 0.25) is 0 Å². The van der Waals surface area contributed by atoms with Crippen LogP contribution in [0.5, 0.6) is 5.75 Å². The predicted octanol–water partition coefficient (Wildman–Crippen LogP) is 5.58. The van der Waals surface area contributed by atoms with Crippen molar-refractivity contribution in [1.29, 1.82) is 0 Å². The molecule has 148 valence electrons. The topological polar surface area (TPSA) is 58.6 Å². The molecule has 0 radical (unpaired) electrons. The van der Waals surface area contributed by atoms with Crippen molar-refractivity contribution in [3.8, 4) is 16.9 Å². The molecule has 1 aliphatic carbocycles. The van der Waals surface area contributed by atoms with Crippen LogP contribution in [0.1, 0.15) is 22.6 Å². The van der Waals surface area contributed by atoms with Gasteiger partial charge >= 0.3 is 6.09 Å². The van der Waals surface area contributed by atoms with Gasteiger partial charge in [-0.05, 0) is 39.3 Å². The van der Waals surface area contributed by atoms with Gasteiger partial charge in [-0.15, -0.1) is 0 Å². The molecule has 5 rings (SSSR count). The van der Waals surface area contributed by atoms with Gasteiger partial charge < -0.3 is 15.2 Å². The number of phenolic OH excluding ortho intramolecular Hbond substituents is 1. The fraction of sp³-hybridized carbons (Fsp3) is 0.115. The van der Waals surface area contributed by atoms with E-state index >= 15 is 0 Å². The fourth-order valence-electron chi connectivity index (χ4n) is 4.33. The van der Waals surface area contributed by atoms with E-state index in [0.29, 0.717) is 6.54 Å². The minimum absolute atomic E-state index is 0.0395. The van der Waals surface area contributed by atoms with Gasteiger partial charge in [-0.2, -0.15) is 0 Å². The Bertz CT molecular complexity index is 1200. The van der Waals surface area contributed by atoms with Crippen molar-refractivity contribution in [3.63, 3.8) is 0 Å². The summed E-state index contributed by atoms with van der Waals surface area (Å²) in [6, 6.07) is 27.6. The summed E-state index contributed by atoms with van der Waals surface area (Å²) in [5, 5.41) is 14.5. The average molecular weight is 395 g/mol. The molecule has 4 nitrogen and oxygen atoms in total. The van der Waals surface area contributed by atoms with E-state index in [-0.39, 0.29) is 18.3 Å². The Morgan fingerprint density at radius 3 is 2.17 bits per heavy atom. The molecule has 1 amide bonds. The number of hydrogen-bond acceptors (Lipinski definition) is 3. The summed E-state index contributed by atoms with van der Waals surface area (Å²) in [4.78, 5) is 12.4. The molecule has 4 aromatic carbocycles. The van der Waals surface area contributed by atoms with E-state index in [0.717, 1.165) is 16.3 Å². The van der Waals surface area contributed by atoms with Crippen LogP contribution < -0.4 is 5.32 Å². The van der Waals surface area contributed by atoms with Crippen LogP contribution in [0.25, 0.3) is 21.9 Å². The van der Waals surface area contributed by atoms with Gasteiger partial charge in [0, 0.05) is 17.8 Å². The monoisotopic (exact) mass is 395 g/mol. The first-order chi connectivity index (χ1) is 14.7. The summed E-state index contributed by atoms with van der Waals surface area (Å²) in [5.74, 6) is 0.271. The first-order valence-corrected chi connectivity index (χ1v) is 10.0. The van der Waals surface area contributed by atoms with Crippen molar-refractivity contribution in [1.82, 2.24) is 5.32 Å². The largest absolute Gasteiger partial charge is 0.507 e. The molecule has 4 heteroatoms. The van der Waals surface area contributed by atoms with Crippen LogP contribution in [0.4, 0.5) is 4.79 Å². The number of carbonyl (C=O) groups excluding carboxylic acids is 1. The molecule has 0 aromatic heterocycles. The van der Waals surface area contributed by atoms with Crippen molar-refractivity contribution < 1.29 is 14.6 Å². The standard InChI is InChI=1S/C26H21NO3/c28-25-14-6-12-18-17(7-5-13-23(18)25)15-27-26(29)30-16-24-21-10-3-1-8-19(21)20-9-2-4-11-22(20)24/h1-14,24,28H,15-16H2,(H,27,29). The summed E-state index contributed by atoms with van der Waals surface area (Å²) in [5.41, 5.74) is 5.72. The van der Waals surface area contributed by atoms with Gasteiger partial charge in [-0.1, -0.05) is 78.9 Å². The van der Waals surface area contributed by atoms with Crippen LogP contribution >= 0.6 is 0 Å². The Balaban J connectivity index is 1.28. The highest BCUT2D eigenvalue weighted by Gasteiger charge is 2.28. The fourth-order valence-corrected chi connectivity index (χ4v) is 4.33. The van der Waals surface area contributed by atoms with Gasteiger partial charge in [-0.25, -0.2) is 4.79 Å². The van der Waals surface area contributed by atoms with Crippen LogP contribution in [0.3, 0.4) is 0 Å². The van der Waals surface area contributed by atoms with E-state index in [4.69, 9.17) is 4.74 Å². The van der Waals surface area contributed by atoms with Crippen LogP contribution in [-0.4, -0.2) is 17.8 Å². The number of amides is 1. The third-order valence-electron chi connectivity index (χ3n) is 5.76. The predicted molar refractivity (Wildman–Crippen MR) is 118 cm³/mol. The summed E-state index contributed by atoms with van der Waals surface area (Å²) < 4.78 is 5.60. The SMILES string of the molecule is O=C(NCc1cccc2c(O)cccc12)OCC1c2ccccc2-c2ccccc21. The first-order valence-electron chi connectivity index (χ1n) is 10.0. The lowest BCUT2D eigenvalue weighted by molar-refractivity contribution is 0.142. The number of phenols is 1. The Hall–Kier alpha value is -3.79. The highest BCUT2D eigenvalue weighted by atomic mass is 16.5. The minimum Gasteiger partial charge on any atom is -0.507 e. The molecule has 0 heterocycles. The molecule has 4 aromatic rings. The molecule has 0 saturated carbocycles. The number of ether oxygens (including phenoxy) is 1. The van der Waals surface area contributed by atoms with Gasteiger partial charge in [0.05, 0.1) is 0 Å². The van der Waals surface area contributed by atoms with Gasteiger partial charge in [0.25, 0.3) is 0 Å². The molecule has 0 unspecified atom stereocenters. The Morgan fingerprint density at radius 1 is 0.800 bits per heavy atom. The molecule has 2 N–H and O–H groups in total. The van der Waals surface area contributed by atoms with Crippen molar-refractivity contribution in [2.75, 3.05) is 6.61 Å². The van der Waals surface area contributed by atoms with E-state index in [2.05, 4.69) is 29.6 Å². The molecular weight excluding hydrogens is 374 g/mol. The number of fused-ring (bicyclic) bond motifs is 4. The minimum atomic E-state index is -0.450. The summed E-state index contributed by atoms with van der Waals surface area (Å²) in [7, 11) is 0. The zero-order chi connectivity index (χ0) is 20.5. The molecule has 0 bridgehead atoms. The van der Waals surface area contributed by atoms with Crippen LogP contribution in [0.2, 0.25) is 0 Å². The smallest absolute Gasteiger partial charge is 0.407 e. The van der Waals surface area contributed by atoms with Crippen LogP contribution in [-0.2, 0) is 11.3 Å². The lowest BCUT2D eigenvalue weighted by Gasteiger charge is -2.15. The normalized spacial score (nSPS) is 12.4. The number of hydrogen-bond donors (Lipinski definition) is 2. The van der Waals surface area contributed by atoms with Crippen molar-refractivity contribution in [2.24, 2.45) is 0 Å². The van der Waals surface area contributed by atoms with E-state index in [1.165, 1.54) is 22.3 Å². The molecule has 1 aliphatic rings. The average Bonchev–Trinajstić information content (AvgIpc) is 3.10. The Labute approximate surface area is 174 Å². The molecule has 0 saturated heterocycles. The molecule has 0 aliphatic heterocycles. The van der Waals surface area contributed by atoms with Gasteiger partial charge in [-0.3, -0.25) is 0 Å². The van der Waals surface area contributed by atoms with Crippen LogP contribution in [0.15, 0.2) is 84.9 Å². The van der Waals surface area contributed by atoms with Gasteiger partial charge in [0.1, 0.15) is 12.4 Å². The number of benzene rings is 4. The quantitative estimate of drug-likeness (QED) is 0.474. The number of alkyl carbamates (subject to hydrolysis) is 1. The molecule has 0 spiro atoms. The lowest BCUT2D eigenvalue weighted by atomic mass is 9.98. The second kappa shape index (κ2) is 7.56. The maximum absolute atomic E-state index is 12.4. The first kappa shape index (κ1) is 18.3. The second-order valence-electron chi connectivity index (χ2n) is 7.47. The van der Waals surface area contributed by atoms with Crippen molar-refractivity contribution in [3.05, 3.63) is 102 Å². The van der Waals surface area contributed by atoms with E-state index in [1.807, 2.05) is 48.5 Å². The molecule has 0 fully saturated rings. The molecule has 0 atom stereocenters. The summed E-state index contributed by atoms with van der Waals surface area (Å²) >= 11 is 0. The highest BCUT2D eigenvalue weighted by molar-refractivity contribution is 5.90. The zero-order valence-corrected chi connectivity index (χ0v) is 16.3. The zero-order valence-electron chi connectivity index (χ0n) is 16.3. The Morgan fingerprint density at radius 2 is 1.43 bits per heavy atom. The third kappa shape index (κ3) is 3.16. The maximum atomic E-state index is 12.4.